The summed E-state index contributed by atoms with van der Waals surface area (Å²) in [4.78, 5) is 13.9. The van der Waals surface area contributed by atoms with E-state index in [1.807, 2.05) is 12.4 Å². The summed E-state index contributed by atoms with van der Waals surface area (Å²) in [6.07, 6.45) is 8.20. The van der Waals surface area contributed by atoms with Gasteiger partial charge in [-0.2, -0.15) is 0 Å². The van der Waals surface area contributed by atoms with Crippen LogP contribution in [0.4, 0.5) is 5.95 Å². The van der Waals surface area contributed by atoms with Crippen molar-refractivity contribution in [1.29, 1.82) is 0 Å². The monoisotopic (exact) mass is 332 g/mol. The van der Waals surface area contributed by atoms with Gasteiger partial charge in [-0.15, -0.1) is 0 Å². The molecular formula is C18H28N4O2. The van der Waals surface area contributed by atoms with E-state index in [9.17, 15) is 0 Å². The van der Waals surface area contributed by atoms with Crippen LogP contribution in [0.3, 0.4) is 0 Å². The standard InChI is InChI=1S/C18H28N4O2/c1-2-15-12-19-17(20-13-15)22-5-3-18(4-6-22)11-16(14-24-18)21-7-9-23-10-8-21/h12-13,16H,2-11,14H2,1H3/t16-/m1/s1. The fraction of sp³-hybridized carbons (Fsp3) is 0.778. The van der Waals surface area contributed by atoms with Crippen molar-refractivity contribution in [3.05, 3.63) is 18.0 Å². The molecule has 3 aliphatic rings. The highest BCUT2D eigenvalue weighted by Crippen LogP contribution is 2.38. The van der Waals surface area contributed by atoms with Gasteiger partial charge in [-0.3, -0.25) is 4.90 Å². The Morgan fingerprint density at radius 3 is 2.50 bits per heavy atom. The summed E-state index contributed by atoms with van der Waals surface area (Å²) in [6, 6.07) is 0.570. The van der Waals surface area contributed by atoms with Gasteiger partial charge in [0.1, 0.15) is 0 Å². The van der Waals surface area contributed by atoms with E-state index in [2.05, 4.69) is 26.7 Å². The van der Waals surface area contributed by atoms with Crippen LogP contribution in [0.15, 0.2) is 12.4 Å². The average Bonchev–Trinajstić information content (AvgIpc) is 3.07. The van der Waals surface area contributed by atoms with Gasteiger partial charge in [0.05, 0.1) is 25.4 Å². The van der Waals surface area contributed by atoms with Crippen LogP contribution in [0.25, 0.3) is 0 Å². The first-order chi connectivity index (χ1) is 11.8. The number of aryl methyl sites for hydroxylation is 1. The molecule has 1 spiro atoms. The second kappa shape index (κ2) is 6.94. The Labute approximate surface area is 144 Å². The maximum Gasteiger partial charge on any atom is 0.225 e. The topological polar surface area (TPSA) is 50.7 Å². The average molecular weight is 332 g/mol. The minimum absolute atomic E-state index is 0.0723. The summed E-state index contributed by atoms with van der Waals surface area (Å²) in [6.45, 7) is 8.81. The molecule has 6 heteroatoms. The molecule has 0 aliphatic carbocycles. The number of hydrogen-bond acceptors (Lipinski definition) is 6. The summed E-state index contributed by atoms with van der Waals surface area (Å²) in [5, 5.41) is 0. The van der Waals surface area contributed by atoms with Gasteiger partial charge in [0.15, 0.2) is 0 Å². The molecule has 0 bridgehead atoms. The van der Waals surface area contributed by atoms with Gasteiger partial charge in [0.25, 0.3) is 0 Å². The molecule has 6 nitrogen and oxygen atoms in total. The maximum atomic E-state index is 6.32. The van der Waals surface area contributed by atoms with Crippen LogP contribution in [-0.2, 0) is 15.9 Å². The number of morpholine rings is 1. The Kier molecular flexibility index (Phi) is 4.70. The van der Waals surface area contributed by atoms with Crippen LogP contribution in [0.2, 0.25) is 0 Å². The van der Waals surface area contributed by atoms with Crippen molar-refractivity contribution in [2.75, 3.05) is 50.9 Å². The molecule has 0 aromatic carbocycles. The van der Waals surface area contributed by atoms with E-state index < -0.39 is 0 Å². The van der Waals surface area contributed by atoms with Gasteiger partial charge in [-0.1, -0.05) is 6.92 Å². The lowest BCUT2D eigenvalue weighted by Crippen LogP contribution is -2.47. The predicted molar refractivity (Wildman–Crippen MR) is 92.3 cm³/mol. The summed E-state index contributed by atoms with van der Waals surface area (Å²) in [7, 11) is 0. The quantitative estimate of drug-likeness (QED) is 0.836. The molecule has 4 rings (SSSR count). The molecule has 0 unspecified atom stereocenters. The van der Waals surface area contributed by atoms with Gasteiger partial charge in [0, 0.05) is 44.6 Å². The number of anilines is 1. The lowest BCUT2D eigenvalue weighted by molar-refractivity contribution is -0.0184. The minimum atomic E-state index is 0.0723. The van der Waals surface area contributed by atoms with Crippen LogP contribution < -0.4 is 4.90 Å². The number of nitrogens with zero attached hydrogens (tertiary/aromatic N) is 4. The van der Waals surface area contributed by atoms with Gasteiger partial charge >= 0.3 is 0 Å². The summed E-state index contributed by atoms with van der Waals surface area (Å²) >= 11 is 0. The third-order valence-electron chi connectivity index (χ3n) is 5.81. The predicted octanol–water partition coefficient (Wildman–Crippen LogP) is 1.50. The van der Waals surface area contributed by atoms with E-state index >= 15 is 0 Å². The van der Waals surface area contributed by atoms with Crippen LogP contribution in [-0.4, -0.2) is 72.5 Å². The normalized spacial score (nSPS) is 27.7. The summed E-state index contributed by atoms with van der Waals surface area (Å²) in [5.41, 5.74) is 1.27. The number of piperidine rings is 1. The molecule has 0 radical (unpaired) electrons. The fourth-order valence-corrected chi connectivity index (χ4v) is 4.15. The zero-order valence-electron chi connectivity index (χ0n) is 14.6. The first-order valence-corrected chi connectivity index (χ1v) is 9.30. The first kappa shape index (κ1) is 16.2. The van der Waals surface area contributed by atoms with Gasteiger partial charge in [-0.05, 0) is 31.2 Å². The molecule has 0 N–H and O–H groups in total. The highest BCUT2D eigenvalue weighted by atomic mass is 16.5. The van der Waals surface area contributed by atoms with Gasteiger partial charge in [0.2, 0.25) is 5.95 Å². The molecule has 4 heterocycles. The molecule has 24 heavy (non-hydrogen) atoms. The van der Waals surface area contributed by atoms with Crippen LogP contribution >= 0.6 is 0 Å². The second-order valence-electron chi connectivity index (χ2n) is 7.23. The molecule has 1 aromatic heterocycles. The molecule has 0 amide bonds. The Morgan fingerprint density at radius 2 is 1.83 bits per heavy atom. The van der Waals surface area contributed by atoms with Crippen molar-refractivity contribution in [3.8, 4) is 0 Å². The molecule has 0 saturated carbocycles. The lowest BCUT2D eigenvalue weighted by Gasteiger charge is -2.39. The largest absolute Gasteiger partial charge is 0.379 e. The van der Waals surface area contributed by atoms with E-state index in [1.54, 1.807) is 0 Å². The Morgan fingerprint density at radius 1 is 1.12 bits per heavy atom. The molecule has 3 fully saturated rings. The molecular weight excluding hydrogens is 304 g/mol. The van der Waals surface area contributed by atoms with E-state index in [4.69, 9.17) is 9.47 Å². The van der Waals surface area contributed by atoms with E-state index in [0.717, 1.165) is 77.6 Å². The van der Waals surface area contributed by atoms with Crippen LogP contribution in [0, 0.1) is 0 Å². The molecule has 3 saturated heterocycles. The number of rotatable bonds is 3. The molecule has 3 aliphatic heterocycles. The Balaban J connectivity index is 1.33. The van der Waals surface area contributed by atoms with Crippen LogP contribution in [0.1, 0.15) is 31.7 Å². The van der Waals surface area contributed by atoms with Crippen molar-refractivity contribution in [2.45, 2.75) is 44.2 Å². The maximum absolute atomic E-state index is 6.32. The van der Waals surface area contributed by atoms with E-state index in [-0.39, 0.29) is 5.60 Å². The third-order valence-corrected chi connectivity index (χ3v) is 5.81. The van der Waals surface area contributed by atoms with Crippen LogP contribution in [0.5, 0.6) is 0 Å². The Hall–Kier alpha value is -1.24. The van der Waals surface area contributed by atoms with Crippen molar-refractivity contribution < 1.29 is 9.47 Å². The molecule has 1 atom stereocenters. The number of ether oxygens (including phenoxy) is 2. The zero-order valence-corrected chi connectivity index (χ0v) is 14.6. The van der Waals surface area contributed by atoms with Gasteiger partial charge < -0.3 is 14.4 Å². The van der Waals surface area contributed by atoms with Crippen molar-refractivity contribution in [2.24, 2.45) is 0 Å². The highest BCUT2D eigenvalue weighted by Gasteiger charge is 2.44. The molecule has 1 aromatic rings. The molecule has 132 valence electrons. The third kappa shape index (κ3) is 3.27. The fourth-order valence-electron chi connectivity index (χ4n) is 4.15. The second-order valence-corrected chi connectivity index (χ2v) is 7.23. The number of aromatic nitrogens is 2. The lowest BCUT2D eigenvalue weighted by atomic mass is 9.87. The summed E-state index contributed by atoms with van der Waals surface area (Å²) in [5.74, 6) is 0.866. The van der Waals surface area contributed by atoms with Crippen molar-refractivity contribution in [3.63, 3.8) is 0 Å². The smallest absolute Gasteiger partial charge is 0.225 e. The Bertz CT molecular complexity index is 536. The van der Waals surface area contributed by atoms with Crippen molar-refractivity contribution in [1.82, 2.24) is 14.9 Å². The van der Waals surface area contributed by atoms with Crippen molar-refractivity contribution >= 4 is 5.95 Å². The number of hydrogen-bond donors (Lipinski definition) is 0. The minimum Gasteiger partial charge on any atom is -0.379 e. The van der Waals surface area contributed by atoms with E-state index in [1.165, 1.54) is 5.56 Å². The van der Waals surface area contributed by atoms with Gasteiger partial charge in [-0.25, -0.2) is 9.97 Å². The first-order valence-electron chi connectivity index (χ1n) is 9.30. The zero-order chi connectivity index (χ0) is 16.4. The summed E-state index contributed by atoms with van der Waals surface area (Å²) < 4.78 is 11.8. The highest BCUT2D eigenvalue weighted by molar-refractivity contribution is 5.31. The SMILES string of the molecule is CCc1cnc(N2CCC3(CC2)C[C@@H](N2CCOCC2)CO3)nc1. The van der Waals surface area contributed by atoms with E-state index in [0.29, 0.717) is 6.04 Å².